The molecule has 1 amide bonds. The largest absolute Gasteiger partial charge is 0.352 e. The van der Waals surface area contributed by atoms with Crippen molar-refractivity contribution in [2.24, 2.45) is 0 Å². The predicted molar refractivity (Wildman–Crippen MR) is 123 cm³/mol. The summed E-state index contributed by atoms with van der Waals surface area (Å²) in [7, 11) is 1.72. The van der Waals surface area contributed by atoms with E-state index in [0.29, 0.717) is 5.69 Å². The minimum atomic E-state index is -0.658. The molecule has 0 bridgehead atoms. The van der Waals surface area contributed by atoms with Crippen molar-refractivity contribution in [3.8, 4) is 5.69 Å². The topological polar surface area (TPSA) is 77.2 Å². The smallest absolute Gasteiger partial charge is 0.337 e. The van der Waals surface area contributed by atoms with Crippen molar-refractivity contribution in [2.75, 3.05) is 7.05 Å². The molecule has 0 N–H and O–H groups in total. The molecule has 1 fully saturated rings. The van der Waals surface area contributed by atoms with Gasteiger partial charge in [-0.25, -0.2) is 4.79 Å². The van der Waals surface area contributed by atoms with Crippen molar-refractivity contribution in [1.82, 2.24) is 19.2 Å². The van der Waals surface area contributed by atoms with Gasteiger partial charge in [0.1, 0.15) is 0 Å². The van der Waals surface area contributed by atoms with Gasteiger partial charge in [-0.1, -0.05) is 67.3 Å². The first-order valence-corrected chi connectivity index (χ1v) is 11.1. The Morgan fingerprint density at radius 2 is 1.66 bits per heavy atom. The quantitative estimate of drug-likeness (QED) is 0.621. The van der Waals surface area contributed by atoms with E-state index < -0.39 is 17.2 Å². The van der Waals surface area contributed by atoms with Crippen LogP contribution >= 0.6 is 0 Å². The molecule has 0 radical (unpaired) electrons. The van der Waals surface area contributed by atoms with Crippen LogP contribution in [0.3, 0.4) is 0 Å². The van der Waals surface area contributed by atoms with E-state index >= 15 is 0 Å². The maximum Gasteiger partial charge on any atom is 0.352 e. The second-order valence-electron chi connectivity index (χ2n) is 8.46. The van der Waals surface area contributed by atoms with E-state index in [1.54, 1.807) is 24.1 Å². The lowest BCUT2D eigenvalue weighted by molar-refractivity contribution is 0.0684. The number of aryl methyl sites for hydroxylation is 1. The molecule has 1 aliphatic rings. The van der Waals surface area contributed by atoms with Crippen LogP contribution in [0.5, 0.6) is 0 Å². The number of hydrogen-bond acceptors (Lipinski definition) is 4. The zero-order valence-corrected chi connectivity index (χ0v) is 18.5. The lowest BCUT2D eigenvalue weighted by Crippen LogP contribution is -2.48. The van der Waals surface area contributed by atoms with Gasteiger partial charge in [0.25, 0.3) is 11.5 Å². The number of rotatable bonds is 5. The van der Waals surface area contributed by atoms with E-state index in [4.69, 9.17) is 0 Å². The summed E-state index contributed by atoms with van der Waals surface area (Å²) in [4.78, 5) is 41.5. The van der Waals surface area contributed by atoms with Crippen molar-refractivity contribution in [3.05, 3.63) is 92.3 Å². The first-order valence-electron chi connectivity index (χ1n) is 11.1. The molecule has 0 saturated heterocycles. The van der Waals surface area contributed by atoms with Gasteiger partial charge in [-0.05, 0) is 37.5 Å². The van der Waals surface area contributed by atoms with Crippen molar-refractivity contribution in [2.45, 2.75) is 51.6 Å². The van der Waals surface area contributed by atoms with Crippen LogP contribution in [0.25, 0.3) is 5.69 Å². The van der Waals surface area contributed by atoms with E-state index in [1.807, 2.05) is 49.4 Å². The van der Waals surface area contributed by atoms with Gasteiger partial charge in [-0.2, -0.15) is 9.78 Å². The highest BCUT2D eigenvalue weighted by Gasteiger charge is 2.28. The summed E-state index contributed by atoms with van der Waals surface area (Å²) in [5.74, 6) is -0.440. The van der Waals surface area contributed by atoms with Gasteiger partial charge < -0.3 is 4.90 Å². The average molecular weight is 433 g/mol. The third kappa shape index (κ3) is 4.42. The Labute approximate surface area is 186 Å². The van der Waals surface area contributed by atoms with Gasteiger partial charge >= 0.3 is 5.69 Å². The van der Waals surface area contributed by atoms with Crippen LogP contribution in [0.15, 0.2) is 64.2 Å². The first kappa shape index (κ1) is 21.7. The predicted octanol–water partition coefficient (Wildman–Crippen LogP) is 3.16. The van der Waals surface area contributed by atoms with Gasteiger partial charge in [0.15, 0.2) is 0 Å². The number of hydrogen-bond donors (Lipinski definition) is 0. The Kier molecular flexibility index (Phi) is 6.35. The standard InChI is InChI=1S/C25H28N4O3/c1-18-13-15-21(16-14-18)29-25(32)28(17-19-9-5-3-6-10-19)24(31)22(26-29)23(30)27(2)20-11-7-4-8-12-20/h3,5-6,9-10,13-16,20H,4,7-8,11-12,17H2,1-2H3. The molecule has 1 aliphatic carbocycles. The van der Waals surface area contributed by atoms with E-state index in [0.717, 1.165) is 46.1 Å². The number of benzene rings is 2. The molecule has 1 saturated carbocycles. The van der Waals surface area contributed by atoms with Gasteiger partial charge in [-0.15, -0.1) is 0 Å². The number of carbonyl (C=O) groups excluding carboxylic acids is 1. The lowest BCUT2D eigenvalue weighted by Gasteiger charge is -2.30. The highest BCUT2D eigenvalue weighted by atomic mass is 16.2. The maximum atomic E-state index is 13.4. The molecule has 32 heavy (non-hydrogen) atoms. The fourth-order valence-corrected chi connectivity index (χ4v) is 4.21. The molecule has 3 aromatic rings. The summed E-state index contributed by atoms with van der Waals surface area (Å²) in [6.45, 7) is 2.02. The zero-order chi connectivity index (χ0) is 22.7. The van der Waals surface area contributed by atoms with Crippen molar-refractivity contribution < 1.29 is 4.79 Å². The first-order chi connectivity index (χ1) is 15.5. The van der Waals surface area contributed by atoms with Crippen LogP contribution in [0.2, 0.25) is 0 Å². The average Bonchev–Trinajstić information content (AvgIpc) is 2.83. The van der Waals surface area contributed by atoms with Gasteiger partial charge in [0, 0.05) is 13.1 Å². The molecular formula is C25H28N4O3. The lowest BCUT2D eigenvalue weighted by atomic mass is 9.94. The summed E-state index contributed by atoms with van der Waals surface area (Å²) in [5, 5.41) is 4.27. The molecule has 0 atom stereocenters. The van der Waals surface area contributed by atoms with Crippen LogP contribution in [-0.4, -0.2) is 38.2 Å². The highest BCUT2D eigenvalue weighted by Crippen LogP contribution is 2.22. The van der Waals surface area contributed by atoms with Crippen molar-refractivity contribution in [3.63, 3.8) is 0 Å². The Hall–Kier alpha value is -3.48. The molecule has 2 aromatic carbocycles. The Morgan fingerprint density at radius 1 is 1.00 bits per heavy atom. The van der Waals surface area contributed by atoms with Gasteiger partial charge in [0.2, 0.25) is 5.69 Å². The summed E-state index contributed by atoms with van der Waals surface area (Å²) >= 11 is 0. The fraction of sp³-hybridized carbons (Fsp3) is 0.360. The third-order valence-corrected chi connectivity index (χ3v) is 6.17. The number of nitrogens with zero attached hydrogens (tertiary/aromatic N) is 4. The van der Waals surface area contributed by atoms with Crippen molar-refractivity contribution in [1.29, 1.82) is 0 Å². The van der Waals surface area contributed by atoms with Gasteiger partial charge in [0.05, 0.1) is 12.2 Å². The summed E-state index contributed by atoms with van der Waals surface area (Å²) in [6, 6.07) is 16.6. The molecule has 4 rings (SSSR count). The number of aromatic nitrogens is 3. The summed E-state index contributed by atoms with van der Waals surface area (Å²) < 4.78 is 2.26. The van der Waals surface area contributed by atoms with E-state index in [9.17, 15) is 14.4 Å². The molecular weight excluding hydrogens is 404 g/mol. The molecule has 7 nitrogen and oxygen atoms in total. The van der Waals surface area contributed by atoms with Crippen molar-refractivity contribution >= 4 is 5.91 Å². The maximum absolute atomic E-state index is 13.4. The SMILES string of the molecule is Cc1ccc(-n2nc(C(=O)N(C)C3CCCCC3)c(=O)n(Cc3ccccc3)c2=O)cc1. The number of carbonyl (C=O) groups is 1. The molecule has 0 spiro atoms. The van der Waals surface area contributed by atoms with Crippen LogP contribution in [0, 0.1) is 6.92 Å². The molecule has 0 unspecified atom stereocenters. The number of amides is 1. The molecule has 0 aliphatic heterocycles. The molecule has 1 aromatic heterocycles. The van der Waals surface area contributed by atoms with E-state index in [1.165, 1.54) is 6.42 Å². The zero-order valence-electron chi connectivity index (χ0n) is 18.5. The minimum Gasteiger partial charge on any atom is -0.337 e. The Morgan fingerprint density at radius 3 is 2.31 bits per heavy atom. The summed E-state index contributed by atoms with van der Waals surface area (Å²) in [5.41, 5.74) is 0.889. The van der Waals surface area contributed by atoms with E-state index in [-0.39, 0.29) is 18.3 Å². The van der Waals surface area contributed by atoms with Gasteiger partial charge in [-0.3, -0.25) is 14.2 Å². The summed E-state index contributed by atoms with van der Waals surface area (Å²) in [6.07, 6.45) is 5.13. The van der Waals surface area contributed by atoms with Crippen LogP contribution < -0.4 is 11.2 Å². The van der Waals surface area contributed by atoms with Crippen LogP contribution in [0.4, 0.5) is 0 Å². The van der Waals surface area contributed by atoms with Crippen LogP contribution in [0.1, 0.15) is 53.7 Å². The molecule has 166 valence electrons. The second-order valence-corrected chi connectivity index (χ2v) is 8.46. The third-order valence-electron chi connectivity index (χ3n) is 6.17. The monoisotopic (exact) mass is 432 g/mol. The molecule has 7 heteroatoms. The normalized spacial score (nSPS) is 14.3. The Balaban J connectivity index is 1.83. The van der Waals surface area contributed by atoms with Crippen LogP contribution in [-0.2, 0) is 6.54 Å². The molecule has 1 heterocycles. The second kappa shape index (κ2) is 9.34. The minimum absolute atomic E-state index is 0.0698. The highest BCUT2D eigenvalue weighted by molar-refractivity contribution is 5.91. The Bertz CT molecular complexity index is 1210. The fourth-order valence-electron chi connectivity index (χ4n) is 4.21. The van der Waals surface area contributed by atoms with E-state index in [2.05, 4.69) is 5.10 Å².